The molecule has 24 heavy (non-hydrogen) atoms. The molecule has 0 amide bonds. The molecule has 0 fully saturated rings. The number of hydrazine groups is 1. The molecule has 2 aromatic rings. The first-order chi connectivity index (χ1) is 11.2. The Morgan fingerprint density at radius 1 is 1.21 bits per heavy atom. The number of anilines is 3. The summed E-state index contributed by atoms with van der Waals surface area (Å²) in [7, 11) is 3.21. The zero-order chi connectivity index (χ0) is 17.9. The Labute approximate surface area is 134 Å². The van der Waals surface area contributed by atoms with Gasteiger partial charge >= 0.3 is 11.9 Å². The van der Waals surface area contributed by atoms with Gasteiger partial charge < -0.3 is 5.32 Å². The smallest absolute Gasteiger partial charge is 0.334 e. The summed E-state index contributed by atoms with van der Waals surface area (Å²) in [6.07, 6.45) is -3.46. The molecule has 0 radical (unpaired) electrons. The van der Waals surface area contributed by atoms with Crippen molar-refractivity contribution in [1.82, 2.24) is 15.0 Å². The zero-order valence-corrected chi connectivity index (χ0v) is 12.6. The van der Waals surface area contributed by atoms with Crippen LogP contribution in [0.15, 0.2) is 30.6 Å². The summed E-state index contributed by atoms with van der Waals surface area (Å²) in [5.41, 5.74) is 1.29. The van der Waals surface area contributed by atoms with E-state index in [9.17, 15) is 23.3 Å². The lowest BCUT2D eigenvalue weighted by molar-refractivity contribution is -0.383. The van der Waals surface area contributed by atoms with Crippen LogP contribution in [0.3, 0.4) is 0 Å². The van der Waals surface area contributed by atoms with E-state index in [1.54, 1.807) is 14.1 Å². The van der Waals surface area contributed by atoms with Crippen molar-refractivity contribution in [2.75, 3.05) is 24.8 Å². The average Bonchev–Trinajstić information content (AvgIpc) is 2.46. The van der Waals surface area contributed by atoms with Gasteiger partial charge in [0.15, 0.2) is 0 Å². The van der Waals surface area contributed by atoms with E-state index in [0.717, 1.165) is 18.5 Å². The van der Waals surface area contributed by atoms with Gasteiger partial charge in [0, 0.05) is 19.8 Å². The standard InChI is InChI=1S/C13H13F3N6O2/c1-21(2)20-12-10(22(23)24)11(17-7-18-12)19-9-5-3-4-8(6-9)13(14,15)16/h3-7H,1-2H3,(H2,17,18,19,20). The molecule has 11 heteroatoms. The van der Waals surface area contributed by atoms with Crippen molar-refractivity contribution < 1.29 is 18.1 Å². The number of nitrogens with zero attached hydrogens (tertiary/aromatic N) is 4. The minimum absolute atomic E-state index is 0.0161. The number of aromatic nitrogens is 2. The monoisotopic (exact) mass is 342 g/mol. The fraction of sp³-hybridized carbons (Fsp3) is 0.231. The van der Waals surface area contributed by atoms with Crippen LogP contribution in [0, 0.1) is 10.1 Å². The van der Waals surface area contributed by atoms with Crippen LogP contribution in [0.5, 0.6) is 0 Å². The van der Waals surface area contributed by atoms with Crippen molar-refractivity contribution in [1.29, 1.82) is 0 Å². The van der Waals surface area contributed by atoms with Crippen LogP contribution in [0.1, 0.15) is 5.56 Å². The van der Waals surface area contributed by atoms with Gasteiger partial charge in [-0.3, -0.25) is 15.5 Å². The number of nitro groups is 1. The van der Waals surface area contributed by atoms with Crippen molar-refractivity contribution in [2.24, 2.45) is 0 Å². The first-order valence-corrected chi connectivity index (χ1v) is 6.56. The van der Waals surface area contributed by atoms with Crippen LogP contribution in [0.25, 0.3) is 0 Å². The predicted octanol–water partition coefficient (Wildman–Crippen LogP) is 3.04. The number of hydrogen-bond donors (Lipinski definition) is 2. The number of benzene rings is 1. The largest absolute Gasteiger partial charge is 0.416 e. The van der Waals surface area contributed by atoms with Crippen molar-refractivity contribution in [3.05, 3.63) is 46.3 Å². The molecule has 0 spiro atoms. The maximum absolute atomic E-state index is 12.7. The van der Waals surface area contributed by atoms with Crippen LogP contribution in [0.4, 0.5) is 36.2 Å². The van der Waals surface area contributed by atoms with Gasteiger partial charge in [0.2, 0.25) is 11.6 Å². The molecule has 2 rings (SSSR count). The van der Waals surface area contributed by atoms with E-state index in [-0.39, 0.29) is 17.3 Å². The van der Waals surface area contributed by atoms with Gasteiger partial charge in [-0.1, -0.05) is 6.07 Å². The minimum atomic E-state index is -4.52. The molecule has 1 heterocycles. The molecule has 0 aliphatic rings. The van der Waals surface area contributed by atoms with Gasteiger partial charge in [0.1, 0.15) is 6.33 Å². The van der Waals surface area contributed by atoms with Crippen LogP contribution in [-0.2, 0) is 6.18 Å². The quantitative estimate of drug-likeness (QED) is 0.637. The van der Waals surface area contributed by atoms with E-state index in [1.807, 2.05) is 0 Å². The minimum Gasteiger partial charge on any atom is -0.334 e. The number of hydrogen-bond acceptors (Lipinski definition) is 7. The Morgan fingerprint density at radius 2 is 1.88 bits per heavy atom. The highest BCUT2D eigenvalue weighted by Crippen LogP contribution is 2.34. The van der Waals surface area contributed by atoms with E-state index in [2.05, 4.69) is 20.7 Å². The second-order valence-corrected chi connectivity index (χ2v) is 4.89. The lowest BCUT2D eigenvalue weighted by atomic mass is 10.2. The summed E-state index contributed by atoms with van der Waals surface area (Å²) >= 11 is 0. The molecule has 0 unspecified atom stereocenters. The normalized spacial score (nSPS) is 11.4. The summed E-state index contributed by atoms with van der Waals surface area (Å²) in [6, 6.07) is 4.28. The van der Waals surface area contributed by atoms with E-state index < -0.39 is 22.4 Å². The predicted molar refractivity (Wildman–Crippen MR) is 80.7 cm³/mol. The number of alkyl halides is 3. The Kier molecular flexibility index (Phi) is 4.83. The van der Waals surface area contributed by atoms with Gasteiger partial charge in [-0.25, -0.2) is 15.0 Å². The first kappa shape index (κ1) is 17.4. The molecule has 1 aromatic heterocycles. The molecule has 0 saturated carbocycles. The van der Waals surface area contributed by atoms with E-state index in [4.69, 9.17) is 0 Å². The maximum Gasteiger partial charge on any atom is 0.416 e. The SMILES string of the molecule is CN(C)Nc1ncnc(Nc2cccc(C(F)(F)F)c2)c1[N+](=O)[O-]. The van der Waals surface area contributed by atoms with Gasteiger partial charge in [0.25, 0.3) is 0 Å². The summed E-state index contributed by atoms with van der Waals surface area (Å²) in [5.74, 6) is -0.312. The lowest BCUT2D eigenvalue weighted by Crippen LogP contribution is -2.21. The van der Waals surface area contributed by atoms with E-state index in [1.165, 1.54) is 17.1 Å². The molecule has 0 atom stereocenters. The number of nitrogens with one attached hydrogen (secondary N) is 2. The zero-order valence-electron chi connectivity index (χ0n) is 12.6. The van der Waals surface area contributed by atoms with Gasteiger partial charge in [0.05, 0.1) is 10.5 Å². The Hall–Kier alpha value is -2.95. The van der Waals surface area contributed by atoms with Gasteiger partial charge in [-0.05, 0) is 18.2 Å². The van der Waals surface area contributed by atoms with Crippen LogP contribution >= 0.6 is 0 Å². The van der Waals surface area contributed by atoms with Crippen molar-refractivity contribution >= 4 is 23.0 Å². The third kappa shape index (κ3) is 4.07. The maximum atomic E-state index is 12.7. The third-order valence-corrected chi connectivity index (χ3v) is 2.79. The van der Waals surface area contributed by atoms with Crippen molar-refractivity contribution in [3.63, 3.8) is 0 Å². The summed E-state index contributed by atoms with van der Waals surface area (Å²) in [6.45, 7) is 0. The molecule has 0 bridgehead atoms. The highest BCUT2D eigenvalue weighted by atomic mass is 19.4. The Morgan fingerprint density at radius 3 is 2.46 bits per heavy atom. The molecule has 128 valence electrons. The lowest BCUT2D eigenvalue weighted by Gasteiger charge is -2.14. The first-order valence-electron chi connectivity index (χ1n) is 6.56. The highest BCUT2D eigenvalue weighted by molar-refractivity contribution is 5.73. The van der Waals surface area contributed by atoms with E-state index in [0.29, 0.717) is 0 Å². The number of halogens is 3. The average molecular weight is 342 g/mol. The summed E-state index contributed by atoms with van der Waals surface area (Å²) < 4.78 is 38.2. The van der Waals surface area contributed by atoms with E-state index >= 15 is 0 Å². The second kappa shape index (κ2) is 6.66. The molecule has 0 aliphatic carbocycles. The summed E-state index contributed by atoms with van der Waals surface area (Å²) in [5, 5.41) is 15.3. The fourth-order valence-electron chi connectivity index (χ4n) is 1.85. The molecular weight excluding hydrogens is 329 g/mol. The van der Waals surface area contributed by atoms with Crippen LogP contribution < -0.4 is 10.7 Å². The Balaban J connectivity index is 2.41. The van der Waals surface area contributed by atoms with Gasteiger partial charge in [-0.2, -0.15) is 13.2 Å². The van der Waals surface area contributed by atoms with Crippen LogP contribution in [-0.4, -0.2) is 34.0 Å². The molecule has 8 nitrogen and oxygen atoms in total. The van der Waals surface area contributed by atoms with Crippen molar-refractivity contribution in [2.45, 2.75) is 6.18 Å². The highest BCUT2D eigenvalue weighted by Gasteiger charge is 2.31. The molecule has 0 aliphatic heterocycles. The summed E-state index contributed by atoms with van der Waals surface area (Å²) in [4.78, 5) is 18.1. The second-order valence-electron chi connectivity index (χ2n) is 4.89. The Bertz CT molecular complexity index is 751. The fourth-order valence-corrected chi connectivity index (χ4v) is 1.85. The molecule has 2 N–H and O–H groups in total. The van der Waals surface area contributed by atoms with Gasteiger partial charge in [-0.15, -0.1) is 0 Å². The molecule has 1 aromatic carbocycles. The van der Waals surface area contributed by atoms with Crippen molar-refractivity contribution in [3.8, 4) is 0 Å². The molecular formula is C13H13F3N6O2. The number of rotatable bonds is 5. The molecule has 0 saturated heterocycles. The third-order valence-electron chi connectivity index (χ3n) is 2.79. The topological polar surface area (TPSA) is 96.2 Å². The van der Waals surface area contributed by atoms with Crippen LogP contribution in [0.2, 0.25) is 0 Å².